The van der Waals surface area contributed by atoms with E-state index in [-0.39, 0.29) is 10.0 Å². The number of nitrogens with zero attached hydrogens (tertiary/aromatic N) is 1. The first-order chi connectivity index (χ1) is 9.45. The third-order valence-corrected chi connectivity index (χ3v) is 3.85. The van der Waals surface area contributed by atoms with Crippen LogP contribution in [0.15, 0.2) is 28.7 Å². The molecule has 0 saturated carbocycles. The SMILES string of the molecule is CNC(c1ccc(C)nc1C)c1c(F)ccc(Br)c1F. The summed E-state index contributed by atoms with van der Waals surface area (Å²) >= 11 is 3.10. The molecule has 0 aliphatic carbocycles. The number of aryl methyl sites for hydroxylation is 2. The van der Waals surface area contributed by atoms with Crippen LogP contribution < -0.4 is 5.32 Å². The molecule has 1 unspecified atom stereocenters. The molecule has 0 aliphatic rings. The number of pyridine rings is 1. The van der Waals surface area contributed by atoms with Crippen molar-refractivity contribution in [1.82, 2.24) is 10.3 Å². The van der Waals surface area contributed by atoms with Gasteiger partial charge in [0.25, 0.3) is 0 Å². The molecule has 0 saturated heterocycles. The molecular formula is C15H15BrF2N2. The van der Waals surface area contributed by atoms with Gasteiger partial charge in [0, 0.05) is 17.0 Å². The second-order valence-electron chi connectivity index (χ2n) is 4.61. The van der Waals surface area contributed by atoms with Gasteiger partial charge in [-0.3, -0.25) is 4.98 Å². The summed E-state index contributed by atoms with van der Waals surface area (Å²) < 4.78 is 28.5. The summed E-state index contributed by atoms with van der Waals surface area (Å²) in [4.78, 5) is 4.35. The third-order valence-electron chi connectivity index (χ3n) is 3.23. The minimum atomic E-state index is -0.593. The molecule has 0 amide bonds. The van der Waals surface area contributed by atoms with Gasteiger partial charge in [-0.15, -0.1) is 0 Å². The minimum Gasteiger partial charge on any atom is -0.309 e. The van der Waals surface area contributed by atoms with E-state index in [1.165, 1.54) is 12.1 Å². The van der Waals surface area contributed by atoms with Gasteiger partial charge in [-0.25, -0.2) is 8.78 Å². The van der Waals surface area contributed by atoms with Crippen LogP contribution in [0.3, 0.4) is 0 Å². The van der Waals surface area contributed by atoms with Gasteiger partial charge in [0.15, 0.2) is 0 Å². The van der Waals surface area contributed by atoms with Crippen molar-refractivity contribution in [3.05, 3.63) is 62.9 Å². The van der Waals surface area contributed by atoms with Crippen LogP contribution in [0.25, 0.3) is 0 Å². The Kier molecular flexibility index (Phi) is 4.50. The molecule has 0 fully saturated rings. The van der Waals surface area contributed by atoms with Gasteiger partial charge in [-0.1, -0.05) is 6.07 Å². The fourth-order valence-corrected chi connectivity index (χ4v) is 2.61. The first kappa shape index (κ1) is 15.1. The molecular weight excluding hydrogens is 326 g/mol. The average molecular weight is 341 g/mol. The molecule has 1 N–H and O–H groups in total. The van der Waals surface area contributed by atoms with Crippen molar-refractivity contribution < 1.29 is 8.78 Å². The van der Waals surface area contributed by atoms with E-state index in [9.17, 15) is 8.78 Å². The Morgan fingerprint density at radius 1 is 1.15 bits per heavy atom. The largest absolute Gasteiger partial charge is 0.309 e. The van der Waals surface area contributed by atoms with Crippen LogP contribution in [-0.2, 0) is 0 Å². The maximum absolute atomic E-state index is 14.2. The number of nitrogens with one attached hydrogen (secondary N) is 1. The lowest BCUT2D eigenvalue weighted by Crippen LogP contribution is -2.22. The molecule has 0 aliphatic heterocycles. The summed E-state index contributed by atoms with van der Waals surface area (Å²) in [5, 5.41) is 2.96. The van der Waals surface area contributed by atoms with Gasteiger partial charge in [0.1, 0.15) is 11.6 Å². The minimum absolute atomic E-state index is 0.00405. The van der Waals surface area contributed by atoms with Gasteiger partial charge in [-0.05, 0) is 60.6 Å². The summed E-state index contributed by atoms with van der Waals surface area (Å²) in [6, 6.07) is 5.71. The quantitative estimate of drug-likeness (QED) is 0.852. The Bertz CT molecular complexity index is 644. The van der Waals surface area contributed by atoms with E-state index in [0.29, 0.717) is 0 Å². The van der Waals surface area contributed by atoms with Crippen molar-refractivity contribution in [2.24, 2.45) is 0 Å². The van der Waals surface area contributed by atoms with Crippen LogP contribution in [-0.4, -0.2) is 12.0 Å². The smallest absolute Gasteiger partial charge is 0.145 e. The van der Waals surface area contributed by atoms with E-state index in [2.05, 4.69) is 26.2 Å². The van der Waals surface area contributed by atoms with Crippen LogP contribution in [0.2, 0.25) is 0 Å². The number of halogens is 3. The highest BCUT2D eigenvalue weighted by Gasteiger charge is 2.24. The van der Waals surface area contributed by atoms with Crippen molar-refractivity contribution in [3.8, 4) is 0 Å². The third kappa shape index (κ3) is 2.74. The highest BCUT2D eigenvalue weighted by Crippen LogP contribution is 2.31. The second kappa shape index (κ2) is 5.97. The van der Waals surface area contributed by atoms with Crippen molar-refractivity contribution in [1.29, 1.82) is 0 Å². The summed E-state index contributed by atoms with van der Waals surface area (Å²) in [5.74, 6) is -1.17. The fourth-order valence-electron chi connectivity index (χ4n) is 2.27. The number of rotatable bonds is 3. The molecule has 0 spiro atoms. The topological polar surface area (TPSA) is 24.9 Å². The van der Waals surface area contributed by atoms with Crippen LogP contribution >= 0.6 is 15.9 Å². The Hall–Kier alpha value is -1.33. The molecule has 0 bridgehead atoms. The van der Waals surface area contributed by atoms with E-state index in [1.807, 2.05) is 26.0 Å². The van der Waals surface area contributed by atoms with Crippen molar-refractivity contribution >= 4 is 15.9 Å². The summed E-state index contributed by atoms with van der Waals surface area (Å²) in [5.41, 5.74) is 2.38. The highest BCUT2D eigenvalue weighted by atomic mass is 79.9. The molecule has 2 rings (SSSR count). The first-order valence-corrected chi connectivity index (χ1v) is 6.99. The molecule has 1 aromatic carbocycles. The lowest BCUT2D eigenvalue weighted by molar-refractivity contribution is 0.517. The Morgan fingerprint density at radius 2 is 1.85 bits per heavy atom. The molecule has 1 aromatic heterocycles. The van der Waals surface area contributed by atoms with Crippen LogP contribution in [0.4, 0.5) is 8.78 Å². The summed E-state index contributed by atoms with van der Waals surface area (Å²) in [7, 11) is 1.67. The predicted octanol–water partition coefficient (Wildman–Crippen LogP) is 4.05. The zero-order valence-corrected chi connectivity index (χ0v) is 13.1. The number of hydrogen-bond acceptors (Lipinski definition) is 2. The molecule has 1 heterocycles. The van der Waals surface area contributed by atoms with E-state index >= 15 is 0 Å². The number of hydrogen-bond donors (Lipinski definition) is 1. The highest BCUT2D eigenvalue weighted by molar-refractivity contribution is 9.10. The van der Waals surface area contributed by atoms with E-state index in [1.54, 1.807) is 7.05 Å². The second-order valence-corrected chi connectivity index (χ2v) is 5.46. The monoisotopic (exact) mass is 340 g/mol. The maximum atomic E-state index is 14.2. The molecule has 106 valence electrons. The van der Waals surface area contributed by atoms with Gasteiger partial charge < -0.3 is 5.32 Å². The number of benzene rings is 1. The van der Waals surface area contributed by atoms with Crippen molar-refractivity contribution in [3.63, 3.8) is 0 Å². The molecule has 0 radical (unpaired) electrons. The molecule has 20 heavy (non-hydrogen) atoms. The summed E-state index contributed by atoms with van der Waals surface area (Å²) in [6.45, 7) is 3.71. The Morgan fingerprint density at radius 3 is 2.45 bits per heavy atom. The van der Waals surface area contributed by atoms with Crippen LogP contribution in [0, 0.1) is 25.5 Å². The maximum Gasteiger partial charge on any atom is 0.145 e. The van der Waals surface area contributed by atoms with E-state index < -0.39 is 17.7 Å². The average Bonchev–Trinajstić information content (AvgIpc) is 2.40. The Labute approximate surface area is 125 Å². The lowest BCUT2D eigenvalue weighted by Gasteiger charge is -2.20. The Balaban J connectivity index is 2.61. The predicted molar refractivity (Wildman–Crippen MR) is 78.7 cm³/mol. The van der Waals surface area contributed by atoms with Crippen molar-refractivity contribution in [2.75, 3.05) is 7.05 Å². The van der Waals surface area contributed by atoms with Crippen LogP contribution in [0.1, 0.15) is 28.6 Å². The molecule has 2 aromatic rings. The zero-order chi connectivity index (χ0) is 14.9. The van der Waals surface area contributed by atoms with E-state index in [4.69, 9.17) is 0 Å². The number of aromatic nitrogens is 1. The first-order valence-electron chi connectivity index (χ1n) is 6.20. The summed E-state index contributed by atoms with van der Waals surface area (Å²) in [6.07, 6.45) is 0. The fraction of sp³-hybridized carbons (Fsp3) is 0.267. The van der Waals surface area contributed by atoms with Gasteiger partial charge in [0.05, 0.1) is 10.5 Å². The van der Waals surface area contributed by atoms with Crippen molar-refractivity contribution in [2.45, 2.75) is 19.9 Å². The van der Waals surface area contributed by atoms with Gasteiger partial charge in [-0.2, -0.15) is 0 Å². The normalized spacial score (nSPS) is 12.5. The standard InChI is InChI=1S/C15H15BrF2N2/c1-8-4-5-10(9(2)20-8)15(19-3)13-12(17)7-6-11(16)14(13)18/h4-7,15,19H,1-3H3. The molecule has 2 nitrogen and oxygen atoms in total. The lowest BCUT2D eigenvalue weighted by atomic mass is 9.96. The zero-order valence-electron chi connectivity index (χ0n) is 11.5. The molecule has 1 atom stereocenters. The van der Waals surface area contributed by atoms with Crippen LogP contribution in [0.5, 0.6) is 0 Å². The molecule has 5 heteroatoms. The van der Waals surface area contributed by atoms with Gasteiger partial charge in [0.2, 0.25) is 0 Å². The van der Waals surface area contributed by atoms with E-state index in [0.717, 1.165) is 17.0 Å². The van der Waals surface area contributed by atoms with Gasteiger partial charge >= 0.3 is 0 Å².